The Bertz CT molecular complexity index is 25.1. The highest BCUT2D eigenvalue weighted by atomic mass is 27.0. The zero-order chi connectivity index (χ0) is 4.99. The van der Waals surface area contributed by atoms with Crippen LogP contribution in [-0.2, 0) is 0 Å². The molecule has 0 nitrogen and oxygen atoms in total. The fraction of sp³-hybridized carbons (Fsp3) is 1.00. The molecule has 0 saturated heterocycles. The molecule has 1 heteroatoms. The lowest BCUT2D eigenvalue weighted by Crippen LogP contribution is -1.83. The van der Waals surface area contributed by atoms with Crippen LogP contribution in [0.25, 0.3) is 0 Å². The summed E-state index contributed by atoms with van der Waals surface area (Å²) in [6, 6.07) is 0. The van der Waals surface area contributed by atoms with Crippen LogP contribution in [0.1, 0.15) is 20.3 Å². The molecule has 0 N–H and O–H groups in total. The van der Waals surface area contributed by atoms with Crippen molar-refractivity contribution in [2.24, 2.45) is 5.92 Å². The Balaban J connectivity index is 2.63. The molecule has 0 bridgehead atoms. The molecule has 0 aliphatic rings. The predicted molar refractivity (Wildman–Crippen MR) is 32.8 cm³/mol. The third kappa shape index (κ3) is 4.53. The van der Waals surface area contributed by atoms with E-state index in [4.69, 9.17) is 0 Å². The molecular weight excluding hydrogens is 87.0 g/mol. The van der Waals surface area contributed by atoms with Crippen LogP contribution in [0.2, 0.25) is 5.28 Å². The van der Waals surface area contributed by atoms with Gasteiger partial charge in [0.25, 0.3) is 0 Å². The third-order valence-electron chi connectivity index (χ3n) is 0.866. The van der Waals surface area contributed by atoms with Gasteiger partial charge >= 0.3 is 0 Å². The fourth-order valence-corrected chi connectivity index (χ4v) is 1.73. The maximum atomic E-state index is 2.28. The molecule has 0 heterocycles. The highest BCUT2D eigenvalue weighted by Crippen LogP contribution is 1.99. The molecule has 0 fully saturated rings. The summed E-state index contributed by atoms with van der Waals surface area (Å²) in [4.78, 5) is 0. The van der Waals surface area contributed by atoms with E-state index in [0.29, 0.717) is 0 Å². The van der Waals surface area contributed by atoms with Crippen molar-refractivity contribution in [3.05, 3.63) is 0 Å². The normalized spacial score (nSPS) is 9.83. The molecule has 0 amide bonds. The Morgan fingerprint density at radius 3 is 2.00 bits per heavy atom. The molecule has 0 aromatic carbocycles. The first kappa shape index (κ1) is 6.53. The Morgan fingerprint density at radius 2 is 2.00 bits per heavy atom. The van der Waals surface area contributed by atoms with Crippen LogP contribution in [0.4, 0.5) is 0 Å². The molecule has 0 unspecified atom stereocenters. The van der Waals surface area contributed by atoms with Gasteiger partial charge in [-0.05, 0) is 5.92 Å². The first-order chi connectivity index (χ1) is 2.77. The minimum absolute atomic E-state index is 0.933. The highest BCUT2D eigenvalue weighted by molar-refractivity contribution is 6.08. The maximum Gasteiger partial charge on any atom is 0.211 e. The third-order valence-corrected chi connectivity index (χ3v) is 1.44. The van der Waals surface area contributed by atoms with Gasteiger partial charge in [-0.2, -0.15) is 0 Å². The molecule has 0 aliphatic heterocycles. The van der Waals surface area contributed by atoms with Crippen molar-refractivity contribution in [1.29, 1.82) is 0 Å². The summed E-state index contributed by atoms with van der Waals surface area (Å²) in [6.07, 6.45) is 1.44. The summed E-state index contributed by atoms with van der Waals surface area (Å²) in [5.41, 5.74) is 0. The molecule has 36 valence electrons. The largest absolute Gasteiger partial charge is 0.211 e. The molecule has 0 spiro atoms. The highest BCUT2D eigenvalue weighted by Gasteiger charge is 1.85. The second kappa shape index (κ2) is 3.71. The van der Waals surface area contributed by atoms with E-state index >= 15 is 0 Å². The molecule has 0 rings (SSSR count). The monoisotopic (exact) mass is 100 g/mol. The fourth-order valence-electron chi connectivity index (χ4n) is 0.577. The van der Waals surface area contributed by atoms with Crippen LogP contribution in [0.3, 0.4) is 0 Å². The lowest BCUT2D eigenvalue weighted by Gasteiger charge is -1.95. The van der Waals surface area contributed by atoms with Crippen molar-refractivity contribution in [3.63, 3.8) is 0 Å². The predicted octanol–water partition coefficient (Wildman–Crippen LogP) is 1.08. The Morgan fingerprint density at radius 1 is 1.50 bits per heavy atom. The lowest BCUT2D eigenvalue weighted by molar-refractivity contribution is 0.626. The van der Waals surface area contributed by atoms with Gasteiger partial charge in [-0.3, -0.25) is 0 Å². The first-order valence-corrected chi connectivity index (χ1v) is 4.18. The van der Waals surface area contributed by atoms with E-state index in [1.807, 2.05) is 0 Å². The van der Waals surface area contributed by atoms with Crippen LogP contribution in [0.15, 0.2) is 0 Å². The quantitative estimate of drug-likeness (QED) is 0.455. The van der Waals surface area contributed by atoms with Gasteiger partial charge in [-0.25, -0.2) is 0 Å². The van der Waals surface area contributed by atoms with Gasteiger partial charge in [0.15, 0.2) is 0 Å². The van der Waals surface area contributed by atoms with Crippen LogP contribution in [-0.4, -0.2) is 16.3 Å². The van der Waals surface area contributed by atoms with Gasteiger partial charge < -0.3 is 0 Å². The van der Waals surface area contributed by atoms with E-state index in [2.05, 4.69) is 13.8 Å². The molecule has 6 heavy (non-hydrogen) atoms. The number of rotatable bonds is 2. The molecule has 0 aromatic heterocycles. The molecule has 0 aliphatic carbocycles. The molecule has 0 aromatic rings. The Kier molecular flexibility index (Phi) is 4.04. The average molecular weight is 100 g/mol. The topological polar surface area (TPSA) is 0 Å². The van der Waals surface area contributed by atoms with Gasteiger partial charge in [-0.15, -0.1) is 5.28 Å². The van der Waals surface area contributed by atoms with Crippen LogP contribution < -0.4 is 0 Å². The van der Waals surface area contributed by atoms with Crippen molar-refractivity contribution < 1.29 is 0 Å². The second-order valence-electron chi connectivity index (χ2n) is 2.18. The van der Waals surface area contributed by atoms with E-state index in [-0.39, 0.29) is 0 Å². The van der Waals surface area contributed by atoms with Crippen molar-refractivity contribution in [2.75, 3.05) is 0 Å². The summed E-state index contributed by atoms with van der Waals surface area (Å²) >= 11 is 1.39. The second-order valence-corrected chi connectivity index (χ2v) is 3.18. The molecule has 0 saturated carbocycles. The minimum atomic E-state index is 0.933. The summed E-state index contributed by atoms with van der Waals surface area (Å²) < 4.78 is 0. The van der Waals surface area contributed by atoms with Gasteiger partial charge in [0, 0.05) is 0 Å². The van der Waals surface area contributed by atoms with Gasteiger partial charge in [0.2, 0.25) is 16.3 Å². The van der Waals surface area contributed by atoms with Crippen molar-refractivity contribution in [1.82, 2.24) is 0 Å². The van der Waals surface area contributed by atoms with Crippen molar-refractivity contribution in [3.8, 4) is 0 Å². The van der Waals surface area contributed by atoms with E-state index < -0.39 is 0 Å². The van der Waals surface area contributed by atoms with Crippen molar-refractivity contribution in [2.45, 2.75) is 25.6 Å². The number of hydrogen-bond donors (Lipinski definition) is 0. The van der Waals surface area contributed by atoms with Gasteiger partial charge in [-0.1, -0.05) is 20.3 Å². The SMILES string of the molecule is CC(C)C[CH2][AlH2]. The van der Waals surface area contributed by atoms with E-state index in [0.717, 1.165) is 5.92 Å². The summed E-state index contributed by atoms with van der Waals surface area (Å²) in [6.45, 7) is 4.55. The van der Waals surface area contributed by atoms with Crippen LogP contribution >= 0.6 is 0 Å². The summed E-state index contributed by atoms with van der Waals surface area (Å²) in [5.74, 6) is 0.933. The lowest BCUT2D eigenvalue weighted by atomic mass is 10.2. The van der Waals surface area contributed by atoms with E-state index in [1.54, 1.807) is 0 Å². The van der Waals surface area contributed by atoms with E-state index in [1.165, 1.54) is 28.0 Å². The minimum Gasteiger partial charge on any atom is -0.101 e. The molecule has 0 atom stereocenters. The number of hydrogen-bond acceptors (Lipinski definition) is 0. The van der Waals surface area contributed by atoms with Gasteiger partial charge in [0.1, 0.15) is 0 Å². The summed E-state index contributed by atoms with van der Waals surface area (Å²) in [5, 5.41) is 1.47. The maximum absolute atomic E-state index is 2.28. The van der Waals surface area contributed by atoms with Gasteiger partial charge in [0.05, 0.1) is 0 Å². The van der Waals surface area contributed by atoms with Crippen molar-refractivity contribution >= 4 is 16.3 Å². The zero-order valence-corrected chi connectivity index (χ0v) is 6.99. The summed E-state index contributed by atoms with van der Waals surface area (Å²) in [7, 11) is 0. The van der Waals surface area contributed by atoms with Crippen LogP contribution in [0, 0.1) is 5.92 Å². The van der Waals surface area contributed by atoms with Crippen LogP contribution in [0.5, 0.6) is 0 Å². The zero-order valence-electron chi connectivity index (χ0n) is 4.99. The Hall–Kier alpha value is 0.532. The first-order valence-electron chi connectivity index (χ1n) is 2.77. The van der Waals surface area contributed by atoms with E-state index in [9.17, 15) is 0 Å². The smallest absolute Gasteiger partial charge is 0.101 e. The molecule has 0 radical (unpaired) electrons. The standard InChI is InChI=1S/C5H11.Al.2H/c1-4-5(2)3;;;/h5H,1,4H2,2-3H3;;;. The average Bonchev–Trinajstić information content (AvgIpc) is 1.35. The Labute approximate surface area is 48.4 Å². The molecular formula is C5H13Al.